The molecule has 1 N–H and O–H groups in total. The largest absolute Gasteiger partial charge is 0.348 e. The van der Waals surface area contributed by atoms with Crippen LogP contribution in [-0.2, 0) is 6.54 Å². The van der Waals surface area contributed by atoms with Crippen LogP contribution in [0.15, 0.2) is 0 Å². The molecule has 1 aliphatic rings. The van der Waals surface area contributed by atoms with Crippen molar-refractivity contribution in [2.75, 3.05) is 11.5 Å². The van der Waals surface area contributed by atoms with Gasteiger partial charge in [-0.15, -0.1) is 0 Å². The first kappa shape index (κ1) is 13.7. The molecular weight excluding hydrogens is 270 g/mol. The number of carbonyl (C=O) groups excluding carboxylic acids is 1. The summed E-state index contributed by atoms with van der Waals surface area (Å²) in [6.07, 6.45) is 2.07. The van der Waals surface area contributed by atoms with Gasteiger partial charge in [0.2, 0.25) is 0 Å². The van der Waals surface area contributed by atoms with Gasteiger partial charge in [-0.1, -0.05) is 11.6 Å². The molecule has 2 rings (SSSR count). The highest BCUT2D eigenvalue weighted by Crippen LogP contribution is 2.22. The molecule has 4 nitrogen and oxygen atoms in total. The Morgan fingerprint density at radius 2 is 2.22 bits per heavy atom. The second kappa shape index (κ2) is 5.97. The molecule has 0 bridgehead atoms. The Morgan fingerprint density at radius 3 is 2.83 bits per heavy atom. The van der Waals surface area contributed by atoms with Gasteiger partial charge in [0.1, 0.15) is 5.69 Å². The van der Waals surface area contributed by atoms with E-state index in [1.807, 2.05) is 25.6 Å². The average molecular weight is 288 g/mol. The summed E-state index contributed by atoms with van der Waals surface area (Å²) < 4.78 is 1.67. The van der Waals surface area contributed by atoms with E-state index in [1.54, 1.807) is 4.68 Å². The molecule has 18 heavy (non-hydrogen) atoms. The molecule has 1 fully saturated rings. The number of halogens is 1. The van der Waals surface area contributed by atoms with Crippen LogP contribution < -0.4 is 5.32 Å². The summed E-state index contributed by atoms with van der Waals surface area (Å²) in [5.41, 5.74) is 1.21. The number of rotatable bonds is 3. The molecular formula is C12H18ClN3OS. The Bertz CT molecular complexity index is 441. The summed E-state index contributed by atoms with van der Waals surface area (Å²) in [6.45, 7) is 4.43. The number of carbonyl (C=O) groups is 1. The molecule has 2 heterocycles. The predicted molar refractivity (Wildman–Crippen MR) is 75.5 cm³/mol. The summed E-state index contributed by atoms with van der Waals surface area (Å²) in [5.74, 6) is 2.13. The molecule has 0 spiro atoms. The number of nitrogens with zero attached hydrogens (tertiary/aromatic N) is 2. The summed E-state index contributed by atoms with van der Waals surface area (Å²) >= 11 is 8.10. The molecule has 1 amide bonds. The first-order chi connectivity index (χ1) is 8.63. The van der Waals surface area contributed by atoms with Crippen molar-refractivity contribution in [1.82, 2.24) is 15.1 Å². The molecule has 0 aliphatic carbocycles. The van der Waals surface area contributed by atoms with Gasteiger partial charge in [-0.2, -0.15) is 16.9 Å². The second-order valence-electron chi connectivity index (χ2n) is 4.42. The third-order valence-electron chi connectivity index (χ3n) is 3.13. The fourth-order valence-electron chi connectivity index (χ4n) is 2.10. The molecule has 1 aliphatic heterocycles. The number of hydrogen-bond donors (Lipinski definition) is 1. The van der Waals surface area contributed by atoms with Crippen molar-refractivity contribution < 1.29 is 4.79 Å². The molecule has 0 unspecified atom stereocenters. The minimum Gasteiger partial charge on any atom is -0.348 e. The maximum absolute atomic E-state index is 12.3. The van der Waals surface area contributed by atoms with Crippen molar-refractivity contribution in [3.63, 3.8) is 0 Å². The van der Waals surface area contributed by atoms with Crippen LogP contribution in [0.2, 0.25) is 5.02 Å². The average Bonchev–Trinajstić information content (AvgIpc) is 2.66. The third kappa shape index (κ3) is 2.83. The molecule has 0 atom stereocenters. The minimum atomic E-state index is -0.0978. The fourth-order valence-corrected chi connectivity index (χ4v) is 3.43. The Morgan fingerprint density at radius 1 is 1.56 bits per heavy atom. The van der Waals surface area contributed by atoms with E-state index in [2.05, 4.69) is 10.4 Å². The molecule has 0 radical (unpaired) electrons. The van der Waals surface area contributed by atoms with Gasteiger partial charge in [-0.3, -0.25) is 9.48 Å². The van der Waals surface area contributed by atoms with Crippen molar-refractivity contribution >= 4 is 29.3 Å². The highest BCUT2D eigenvalue weighted by atomic mass is 35.5. The molecule has 0 saturated carbocycles. The van der Waals surface area contributed by atoms with E-state index in [4.69, 9.17) is 11.6 Å². The zero-order valence-corrected chi connectivity index (χ0v) is 12.3. The summed E-state index contributed by atoms with van der Waals surface area (Å²) in [7, 11) is 0. The lowest BCUT2D eigenvalue weighted by molar-refractivity contribution is 0.0924. The Hall–Kier alpha value is -0.680. The Balaban J connectivity index is 2.12. The van der Waals surface area contributed by atoms with Crippen LogP contribution in [0, 0.1) is 6.92 Å². The van der Waals surface area contributed by atoms with Gasteiger partial charge in [-0.25, -0.2) is 0 Å². The lowest BCUT2D eigenvalue weighted by Crippen LogP contribution is -2.38. The molecule has 100 valence electrons. The smallest absolute Gasteiger partial charge is 0.271 e. The van der Waals surface area contributed by atoms with Crippen molar-refractivity contribution in [2.24, 2.45) is 0 Å². The summed E-state index contributed by atoms with van der Waals surface area (Å²) in [6, 6.07) is 0.273. The SMILES string of the molecule is CCn1nc(C)c(Cl)c1C(=O)NC1CCSCC1. The quantitative estimate of drug-likeness (QED) is 0.929. The maximum atomic E-state index is 12.3. The van der Waals surface area contributed by atoms with E-state index in [9.17, 15) is 4.79 Å². The maximum Gasteiger partial charge on any atom is 0.271 e. The highest BCUT2D eigenvalue weighted by Gasteiger charge is 2.23. The molecule has 6 heteroatoms. The van der Waals surface area contributed by atoms with Crippen molar-refractivity contribution in [3.05, 3.63) is 16.4 Å². The number of amides is 1. The number of aromatic nitrogens is 2. The highest BCUT2D eigenvalue weighted by molar-refractivity contribution is 7.99. The van der Waals surface area contributed by atoms with Gasteiger partial charge in [0.05, 0.1) is 10.7 Å². The van der Waals surface area contributed by atoms with Gasteiger partial charge in [-0.05, 0) is 38.2 Å². The molecule has 1 aromatic rings. The monoisotopic (exact) mass is 287 g/mol. The van der Waals surface area contributed by atoms with Crippen molar-refractivity contribution in [2.45, 2.75) is 39.3 Å². The number of thioether (sulfide) groups is 1. The van der Waals surface area contributed by atoms with E-state index in [1.165, 1.54) is 0 Å². The third-order valence-corrected chi connectivity index (χ3v) is 4.63. The Labute approximate surface area is 116 Å². The zero-order valence-electron chi connectivity index (χ0n) is 10.7. The number of hydrogen-bond acceptors (Lipinski definition) is 3. The summed E-state index contributed by atoms with van der Waals surface area (Å²) in [5, 5.41) is 7.80. The van der Waals surface area contributed by atoms with Crippen LogP contribution in [0.3, 0.4) is 0 Å². The van der Waals surface area contributed by atoms with Gasteiger partial charge in [0.25, 0.3) is 5.91 Å². The van der Waals surface area contributed by atoms with Crippen LogP contribution in [0.25, 0.3) is 0 Å². The first-order valence-electron chi connectivity index (χ1n) is 6.25. The van der Waals surface area contributed by atoms with E-state index in [0.717, 1.165) is 24.3 Å². The van der Waals surface area contributed by atoms with Crippen LogP contribution in [0.4, 0.5) is 0 Å². The van der Waals surface area contributed by atoms with E-state index < -0.39 is 0 Å². The van der Waals surface area contributed by atoms with E-state index >= 15 is 0 Å². The van der Waals surface area contributed by atoms with Crippen molar-refractivity contribution in [1.29, 1.82) is 0 Å². The number of nitrogens with one attached hydrogen (secondary N) is 1. The predicted octanol–water partition coefficient (Wildman–Crippen LogP) is 2.49. The van der Waals surface area contributed by atoms with Gasteiger partial charge in [0.15, 0.2) is 0 Å². The van der Waals surface area contributed by atoms with E-state index in [0.29, 0.717) is 23.0 Å². The second-order valence-corrected chi connectivity index (χ2v) is 6.03. The fraction of sp³-hybridized carbons (Fsp3) is 0.667. The number of aryl methyl sites for hydroxylation is 2. The van der Waals surface area contributed by atoms with Crippen LogP contribution in [-0.4, -0.2) is 33.2 Å². The lowest BCUT2D eigenvalue weighted by atomic mass is 10.1. The van der Waals surface area contributed by atoms with Crippen LogP contribution in [0.5, 0.6) is 0 Å². The lowest BCUT2D eigenvalue weighted by Gasteiger charge is -2.22. The molecule has 0 aromatic carbocycles. The standard InChI is InChI=1S/C12H18ClN3OS/c1-3-16-11(10(13)8(2)15-16)12(17)14-9-4-6-18-7-5-9/h9H,3-7H2,1-2H3,(H,14,17). The van der Waals surface area contributed by atoms with Gasteiger partial charge < -0.3 is 5.32 Å². The topological polar surface area (TPSA) is 46.9 Å². The molecule has 1 saturated heterocycles. The van der Waals surface area contributed by atoms with Crippen LogP contribution >= 0.6 is 23.4 Å². The molecule has 1 aromatic heterocycles. The minimum absolute atomic E-state index is 0.0978. The van der Waals surface area contributed by atoms with Crippen molar-refractivity contribution in [3.8, 4) is 0 Å². The van der Waals surface area contributed by atoms with Crippen LogP contribution in [0.1, 0.15) is 35.9 Å². The summed E-state index contributed by atoms with van der Waals surface area (Å²) in [4.78, 5) is 12.3. The van der Waals surface area contributed by atoms with Gasteiger partial charge in [0, 0.05) is 12.6 Å². The zero-order chi connectivity index (χ0) is 13.1. The normalized spacial score (nSPS) is 16.8. The van der Waals surface area contributed by atoms with Gasteiger partial charge >= 0.3 is 0 Å². The Kier molecular flexibility index (Phi) is 4.56. The van der Waals surface area contributed by atoms with E-state index in [-0.39, 0.29) is 11.9 Å². The first-order valence-corrected chi connectivity index (χ1v) is 7.78.